The highest BCUT2D eigenvalue weighted by Crippen LogP contribution is 2.32. The van der Waals surface area contributed by atoms with Gasteiger partial charge in [0, 0.05) is 13.2 Å². The van der Waals surface area contributed by atoms with Crippen molar-refractivity contribution in [1.82, 2.24) is 5.32 Å². The van der Waals surface area contributed by atoms with E-state index in [2.05, 4.69) is 29.6 Å². The molecule has 1 aliphatic carbocycles. The van der Waals surface area contributed by atoms with Crippen LogP contribution in [0, 0.1) is 0 Å². The third kappa shape index (κ3) is 3.83. The van der Waals surface area contributed by atoms with Crippen LogP contribution in [0.25, 0.3) is 0 Å². The summed E-state index contributed by atoms with van der Waals surface area (Å²) in [5.41, 5.74) is 8.35. The van der Waals surface area contributed by atoms with Gasteiger partial charge in [-0.3, -0.25) is 0 Å². The highest BCUT2D eigenvalue weighted by molar-refractivity contribution is 5.25. The molecule has 2 nitrogen and oxygen atoms in total. The zero-order valence-electron chi connectivity index (χ0n) is 10.6. The van der Waals surface area contributed by atoms with E-state index in [0.29, 0.717) is 6.67 Å². The van der Waals surface area contributed by atoms with Crippen LogP contribution in [0.15, 0.2) is 24.3 Å². The molecular weight excluding hydrogens is 208 g/mol. The molecule has 2 heteroatoms. The van der Waals surface area contributed by atoms with E-state index < -0.39 is 0 Å². The van der Waals surface area contributed by atoms with Gasteiger partial charge in [0.05, 0.1) is 0 Å². The van der Waals surface area contributed by atoms with Gasteiger partial charge in [0.25, 0.3) is 0 Å². The molecule has 1 aromatic carbocycles. The van der Waals surface area contributed by atoms with Crippen LogP contribution in [0.1, 0.15) is 49.1 Å². The number of nitrogens with one attached hydrogen (secondary N) is 1. The van der Waals surface area contributed by atoms with Gasteiger partial charge in [-0.15, -0.1) is 0 Å². The molecule has 0 aromatic heterocycles. The molecule has 1 fully saturated rings. The van der Waals surface area contributed by atoms with Crippen LogP contribution in [0.3, 0.4) is 0 Å². The highest BCUT2D eigenvalue weighted by atomic mass is 14.9. The first-order valence-corrected chi connectivity index (χ1v) is 6.90. The third-order valence-electron chi connectivity index (χ3n) is 3.79. The van der Waals surface area contributed by atoms with Crippen LogP contribution in [0.4, 0.5) is 0 Å². The molecule has 1 aliphatic rings. The summed E-state index contributed by atoms with van der Waals surface area (Å²) in [4.78, 5) is 0. The maximum Gasteiger partial charge on any atom is 0.0428 e. The van der Waals surface area contributed by atoms with Crippen LogP contribution < -0.4 is 11.1 Å². The lowest BCUT2D eigenvalue weighted by Crippen LogP contribution is -2.24. The van der Waals surface area contributed by atoms with E-state index in [1.165, 1.54) is 37.7 Å². The Hall–Kier alpha value is -0.860. The van der Waals surface area contributed by atoms with Gasteiger partial charge in [0.15, 0.2) is 0 Å². The summed E-state index contributed by atoms with van der Waals surface area (Å²) in [6.45, 7) is 1.54. The maximum absolute atomic E-state index is 5.40. The Bertz CT molecular complexity index is 312. The number of rotatable bonds is 5. The largest absolute Gasteiger partial charge is 0.318 e. The maximum atomic E-state index is 5.40. The molecule has 2 rings (SSSR count). The Balaban J connectivity index is 1.88. The lowest BCUT2D eigenvalue weighted by molar-refractivity contribution is 0.443. The minimum Gasteiger partial charge on any atom is -0.318 e. The van der Waals surface area contributed by atoms with Gasteiger partial charge in [-0.25, -0.2) is 0 Å². The minimum atomic E-state index is 0.570. The van der Waals surface area contributed by atoms with Crippen molar-refractivity contribution in [3.8, 4) is 0 Å². The average Bonchev–Trinajstić information content (AvgIpc) is 2.41. The van der Waals surface area contributed by atoms with Crippen molar-refractivity contribution in [1.29, 1.82) is 0 Å². The molecule has 0 spiro atoms. The quantitative estimate of drug-likeness (QED) is 0.605. The summed E-state index contributed by atoms with van der Waals surface area (Å²) in [6.07, 6.45) is 8.09. The first-order valence-electron chi connectivity index (χ1n) is 6.90. The summed E-state index contributed by atoms with van der Waals surface area (Å²) < 4.78 is 0. The van der Waals surface area contributed by atoms with E-state index >= 15 is 0 Å². The molecule has 1 aromatic rings. The fourth-order valence-electron chi connectivity index (χ4n) is 2.73. The molecule has 0 atom stereocenters. The second-order valence-electron chi connectivity index (χ2n) is 5.03. The highest BCUT2D eigenvalue weighted by Gasteiger charge is 2.14. The topological polar surface area (TPSA) is 38.0 Å². The van der Waals surface area contributed by atoms with Gasteiger partial charge in [0.2, 0.25) is 0 Å². The van der Waals surface area contributed by atoms with Crippen molar-refractivity contribution >= 4 is 0 Å². The molecule has 0 saturated heterocycles. The first kappa shape index (κ1) is 12.6. The van der Waals surface area contributed by atoms with Crippen LogP contribution in [0.5, 0.6) is 0 Å². The number of hydrogen-bond acceptors (Lipinski definition) is 2. The summed E-state index contributed by atoms with van der Waals surface area (Å²) in [5.74, 6) is 0.819. The van der Waals surface area contributed by atoms with E-state index in [-0.39, 0.29) is 0 Å². The van der Waals surface area contributed by atoms with Crippen LogP contribution in [-0.2, 0) is 6.42 Å². The van der Waals surface area contributed by atoms with Crippen LogP contribution in [-0.4, -0.2) is 13.2 Å². The molecular formula is C15H24N2. The Labute approximate surface area is 105 Å². The van der Waals surface area contributed by atoms with Crippen molar-refractivity contribution in [3.05, 3.63) is 35.4 Å². The third-order valence-corrected chi connectivity index (χ3v) is 3.79. The van der Waals surface area contributed by atoms with E-state index in [9.17, 15) is 0 Å². The second kappa shape index (κ2) is 6.77. The number of benzene rings is 1. The first-order chi connectivity index (χ1) is 8.40. The predicted molar refractivity (Wildman–Crippen MR) is 73.0 cm³/mol. The summed E-state index contributed by atoms with van der Waals surface area (Å²) in [6, 6.07) is 9.21. The molecule has 0 heterocycles. The van der Waals surface area contributed by atoms with Gasteiger partial charge in [-0.05, 0) is 36.3 Å². The Morgan fingerprint density at radius 3 is 2.41 bits per heavy atom. The average molecular weight is 232 g/mol. The zero-order valence-corrected chi connectivity index (χ0v) is 10.6. The van der Waals surface area contributed by atoms with Gasteiger partial charge >= 0.3 is 0 Å². The van der Waals surface area contributed by atoms with E-state index in [1.807, 2.05) is 0 Å². The molecule has 94 valence electrons. The molecule has 3 N–H and O–H groups in total. The van der Waals surface area contributed by atoms with E-state index in [1.54, 1.807) is 5.56 Å². The van der Waals surface area contributed by atoms with Crippen molar-refractivity contribution in [2.45, 2.75) is 44.4 Å². The SMILES string of the molecule is NCNCCc1ccc(C2CCCCC2)cc1. The summed E-state index contributed by atoms with van der Waals surface area (Å²) in [7, 11) is 0. The monoisotopic (exact) mass is 232 g/mol. The number of nitrogens with two attached hydrogens (primary N) is 1. The molecule has 0 amide bonds. The minimum absolute atomic E-state index is 0.570. The van der Waals surface area contributed by atoms with E-state index in [4.69, 9.17) is 5.73 Å². The summed E-state index contributed by atoms with van der Waals surface area (Å²) in [5, 5.41) is 3.15. The lowest BCUT2D eigenvalue weighted by Gasteiger charge is -2.22. The molecule has 0 aliphatic heterocycles. The van der Waals surface area contributed by atoms with Crippen LogP contribution in [0.2, 0.25) is 0 Å². The Morgan fingerprint density at radius 1 is 1.06 bits per heavy atom. The fraction of sp³-hybridized carbons (Fsp3) is 0.600. The fourth-order valence-corrected chi connectivity index (χ4v) is 2.73. The standard InChI is InChI=1S/C15H24N2/c16-12-17-11-10-13-6-8-15(9-7-13)14-4-2-1-3-5-14/h6-9,14,17H,1-5,10-12,16H2. The van der Waals surface area contributed by atoms with Crippen molar-refractivity contribution in [3.63, 3.8) is 0 Å². The van der Waals surface area contributed by atoms with Gasteiger partial charge in [-0.1, -0.05) is 43.5 Å². The van der Waals surface area contributed by atoms with Crippen molar-refractivity contribution in [2.24, 2.45) is 5.73 Å². The normalized spacial score (nSPS) is 17.2. The van der Waals surface area contributed by atoms with E-state index in [0.717, 1.165) is 18.9 Å². The van der Waals surface area contributed by atoms with Gasteiger partial charge in [-0.2, -0.15) is 0 Å². The molecule has 0 unspecified atom stereocenters. The smallest absolute Gasteiger partial charge is 0.0428 e. The zero-order chi connectivity index (χ0) is 11.9. The predicted octanol–water partition coefficient (Wildman–Crippen LogP) is 2.78. The van der Waals surface area contributed by atoms with Gasteiger partial charge in [0.1, 0.15) is 0 Å². The molecule has 0 bridgehead atoms. The van der Waals surface area contributed by atoms with Crippen molar-refractivity contribution in [2.75, 3.05) is 13.2 Å². The molecule has 0 radical (unpaired) electrons. The van der Waals surface area contributed by atoms with Crippen molar-refractivity contribution < 1.29 is 0 Å². The Kier molecular flexibility index (Phi) is 5.02. The Morgan fingerprint density at radius 2 is 1.76 bits per heavy atom. The lowest BCUT2D eigenvalue weighted by atomic mass is 9.84. The number of hydrogen-bond donors (Lipinski definition) is 2. The summed E-state index contributed by atoms with van der Waals surface area (Å²) >= 11 is 0. The molecule has 17 heavy (non-hydrogen) atoms. The second-order valence-corrected chi connectivity index (χ2v) is 5.03. The van der Waals surface area contributed by atoms with Crippen LogP contribution >= 0.6 is 0 Å². The van der Waals surface area contributed by atoms with Gasteiger partial charge < -0.3 is 11.1 Å². The molecule has 1 saturated carbocycles.